The van der Waals surface area contributed by atoms with Crippen molar-refractivity contribution in [2.24, 2.45) is 0 Å². The molecule has 0 spiro atoms. The Morgan fingerprint density at radius 1 is 0.939 bits per heavy atom. The third-order valence-corrected chi connectivity index (χ3v) is 5.15. The van der Waals surface area contributed by atoms with Crippen molar-refractivity contribution < 1.29 is 19.1 Å². The van der Waals surface area contributed by atoms with Crippen molar-refractivity contribution >= 4 is 28.8 Å². The number of nitrogens with one attached hydrogen (secondary N) is 2. The van der Waals surface area contributed by atoms with Gasteiger partial charge in [0.25, 0.3) is 5.91 Å². The molecule has 0 unspecified atom stereocenters. The maximum absolute atomic E-state index is 12.7. The summed E-state index contributed by atoms with van der Waals surface area (Å²) in [5.74, 6) is 0.240. The van der Waals surface area contributed by atoms with E-state index in [1.54, 1.807) is 36.4 Å². The van der Waals surface area contributed by atoms with E-state index in [1.165, 1.54) is 14.2 Å². The highest BCUT2D eigenvalue weighted by atomic mass is 16.5. The SMILES string of the molecule is COc1cc(NC(=O)c2ccccc2)c(OC)cc1NC(=O)Cc1cn2cccc(C)c2n1. The van der Waals surface area contributed by atoms with Crippen molar-refractivity contribution in [3.63, 3.8) is 0 Å². The highest BCUT2D eigenvalue weighted by Gasteiger charge is 2.17. The van der Waals surface area contributed by atoms with E-state index in [2.05, 4.69) is 15.6 Å². The topological polar surface area (TPSA) is 94.0 Å². The molecular weight excluding hydrogens is 420 g/mol. The Labute approximate surface area is 191 Å². The van der Waals surface area contributed by atoms with Crippen molar-refractivity contribution in [3.05, 3.63) is 83.8 Å². The standard InChI is InChI=1S/C25H24N4O4/c1-16-8-7-11-29-15-18(26-24(16)29)12-23(30)27-19-13-22(33-3)20(14-21(19)32-2)28-25(31)17-9-5-4-6-10-17/h4-11,13-15H,12H2,1-3H3,(H,27,30)(H,28,31). The molecule has 168 valence electrons. The van der Waals surface area contributed by atoms with Crippen molar-refractivity contribution in [3.8, 4) is 11.5 Å². The lowest BCUT2D eigenvalue weighted by molar-refractivity contribution is -0.115. The fraction of sp³-hybridized carbons (Fsp3) is 0.160. The van der Waals surface area contributed by atoms with Gasteiger partial charge in [-0.25, -0.2) is 4.98 Å². The number of hydrogen-bond acceptors (Lipinski definition) is 5. The lowest BCUT2D eigenvalue weighted by Gasteiger charge is -2.16. The Morgan fingerprint density at radius 3 is 2.24 bits per heavy atom. The molecule has 2 amide bonds. The van der Waals surface area contributed by atoms with Gasteiger partial charge in [-0.2, -0.15) is 0 Å². The number of benzene rings is 2. The number of hydrogen-bond donors (Lipinski definition) is 2. The van der Waals surface area contributed by atoms with E-state index < -0.39 is 0 Å². The predicted octanol–water partition coefficient (Wildman–Crippen LogP) is 4.09. The largest absolute Gasteiger partial charge is 0.494 e. The molecule has 0 saturated carbocycles. The molecular formula is C25H24N4O4. The number of imidazole rings is 1. The first-order valence-corrected chi connectivity index (χ1v) is 10.3. The van der Waals surface area contributed by atoms with Crippen molar-refractivity contribution in [1.82, 2.24) is 9.38 Å². The highest BCUT2D eigenvalue weighted by Crippen LogP contribution is 2.36. The first-order chi connectivity index (χ1) is 16.0. The molecule has 2 aromatic heterocycles. The molecule has 0 aliphatic carbocycles. The van der Waals surface area contributed by atoms with E-state index in [4.69, 9.17) is 9.47 Å². The predicted molar refractivity (Wildman–Crippen MR) is 126 cm³/mol. The van der Waals surface area contributed by atoms with Gasteiger partial charge in [0.15, 0.2) is 0 Å². The van der Waals surface area contributed by atoms with Gasteiger partial charge in [0.05, 0.1) is 37.7 Å². The summed E-state index contributed by atoms with van der Waals surface area (Å²) in [4.78, 5) is 29.8. The molecule has 0 bridgehead atoms. The molecule has 8 heteroatoms. The number of fused-ring (bicyclic) bond motifs is 1. The van der Waals surface area contributed by atoms with Crippen LogP contribution < -0.4 is 20.1 Å². The number of ether oxygens (including phenoxy) is 2. The first kappa shape index (κ1) is 21.9. The number of carbonyl (C=O) groups is 2. The number of aryl methyl sites for hydroxylation is 1. The van der Waals surface area contributed by atoms with Crippen molar-refractivity contribution in [1.29, 1.82) is 0 Å². The highest BCUT2D eigenvalue weighted by molar-refractivity contribution is 6.05. The summed E-state index contributed by atoms with van der Waals surface area (Å²) in [7, 11) is 2.98. The first-order valence-electron chi connectivity index (χ1n) is 10.3. The molecule has 4 aromatic rings. The average Bonchev–Trinajstić information content (AvgIpc) is 3.23. The molecule has 2 N–H and O–H groups in total. The summed E-state index contributed by atoms with van der Waals surface area (Å²) in [6, 6.07) is 16.0. The minimum absolute atomic E-state index is 0.0963. The maximum atomic E-state index is 12.7. The molecule has 0 saturated heterocycles. The Balaban J connectivity index is 1.53. The Kier molecular flexibility index (Phi) is 6.26. The Morgan fingerprint density at radius 2 is 1.61 bits per heavy atom. The molecule has 2 aromatic carbocycles. The second kappa shape index (κ2) is 9.44. The van der Waals surface area contributed by atoms with Gasteiger partial charge < -0.3 is 24.5 Å². The Hall–Kier alpha value is -4.33. The number of amides is 2. The fourth-order valence-corrected chi connectivity index (χ4v) is 3.53. The van der Waals surface area contributed by atoms with Crippen molar-refractivity contribution in [2.75, 3.05) is 24.9 Å². The second-order valence-corrected chi connectivity index (χ2v) is 7.45. The van der Waals surface area contributed by atoms with Crippen molar-refractivity contribution in [2.45, 2.75) is 13.3 Å². The van der Waals surface area contributed by atoms with Crippen LogP contribution in [0.15, 0.2) is 67.0 Å². The van der Waals surface area contributed by atoms with E-state index in [9.17, 15) is 9.59 Å². The van der Waals surface area contributed by atoms with Gasteiger partial charge in [0.1, 0.15) is 17.1 Å². The summed E-state index contributed by atoms with van der Waals surface area (Å²) in [6.07, 6.45) is 3.83. The summed E-state index contributed by atoms with van der Waals surface area (Å²) >= 11 is 0. The van der Waals surface area contributed by atoms with E-state index in [-0.39, 0.29) is 18.2 Å². The number of anilines is 2. The van der Waals surface area contributed by atoms with E-state index in [0.717, 1.165) is 11.2 Å². The molecule has 0 atom stereocenters. The lowest BCUT2D eigenvalue weighted by atomic mass is 10.2. The van der Waals surface area contributed by atoms with Crippen LogP contribution in [-0.4, -0.2) is 35.4 Å². The minimum atomic E-state index is -0.283. The van der Waals surface area contributed by atoms with E-state index >= 15 is 0 Å². The average molecular weight is 444 g/mol. The van der Waals surface area contributed by atoms with Crippen LogP contribution in [0.2, 0.25) is 0 Å². The van der Waals surface area contributed by atoms with Gasteiger partial charge in [-0.3, -0.25) is 9.59 Å². The van der Waals surface area contributed by atoms with Crippen LogP contribution in [-0.2, 0) is 11.2 Å². The molecule has 0 aliphatic rings. The molecule has 4 rings (SSSR count). The summed E-state index contributed by atoms with van der Waals surface area (Å²) in [6.45, 7) is 1.97. The van der Waals surface area contributed by atoms with Gasteiger partial charge >= 0.3 is 0 Å². The van der Waals surface area contributed by atoms with E-state index in [1.807, 2.05) is 41.9 Å². The van der Waals surface area contributed by atoms with Crippen LogP contribution in [0.1, 0.15) is 21.6 Å². The van der Waals surface area contributed by atoms with E-state index in [0.29, 0.717) is 34.1 Å². The van der Waals surface area contributed by atoms with Crippen LogP contribution in [0.5, 0.6) is 11.5 Å². The molecule has 0 aliphatic heterocycles. The molecule has 33 heavy (non-hydrogen) atoms. The third kappa shape index (κ3) is 4.79. The minimum Gasteiger partial charge on any atom is -0.494 e. The van der Waals surface area contributed by atoms with Crippen LogP contribution in [0.4, 0.5) is 11.4 Å². The normalized spacial score (nSPS) is 10.6. The van der Waals surface area contributed by atoms with Gasteiger partial charge in [-0.15, -0.1) is 0 Å². The van der Waals surface area contributed by atoms with Crippen LogP contribution >= 0.6 is 0 Å². The molecule has 8 nitrogen and oxygen atoms in total. The lowest BCUT2D eigenvalue weighted by Crippen LogP contribution is -2.16. The van der Waals surface area contributed by atoms with Crippen LogP contribution in [0.3, 0.4) is 0 Å². The number of rotatable bonds is 7. The maximum Gasteiger partial charge on any atom is 0.255 e. The zero-order valence-corrected chi connectivity index (χ0v) is 18.6. The smallest absolute Gasteiger partial charge is 0.255 e. The van der Waals surface area contributed by atoms with Gasteiger partial charge in [-0.1, -0.05) is 24.3 Å². The van der Waals surface area contributed by atoms with Crippen LogP contribution in [0.25, 0.3) is 5.65 Å². The van der Waals surface area contributed by atoms with Gasteiger partial charge in [0.2, 0.25) is 5.91 Å². The van der Waals surface area contributed by atoms with Crippen LogP contribution in [0, 0.1) is 6.92 Å². The number of pyridine rings is 1. The summed E-state index contributed by atoms with van der Waals surface area (Å²) in [5.41, 5.74) is 3.87. The quantitative estimate of drug-likeness (QED) is 0.448. The van der Waals surface area contributed by atoms with Gasteiger partial charge in [-0.05, 0) is 30.7 Å². The molecule has 0 fully saturated rings. The second-order valence-electron chi connectivity index (χ2n) is 7.45. The molecule has 2 heterocycles. The molecule has 0 radical (unpaired) electrons. The zero-order chi connectivity index (χ0) is 23.4. The number of carbonyl (C=O) groups excluding carboxylic acids is 2. The fourth-order valence-electron chi connectivity index (χ4n) is 3.53. The number of methoxy groups -OCH3 is 2. The monoisotopic (exact) mass is 444 g/mol. The number of nitrogens with zero attached hydrogens (tertiary/aromatic N) is 2. The summed E-state index contributed by atoms with van der Waals surface area (Å²) in [5, 5.41) is 5.67. The third-order valence-electron chi connectivity index (χ3n) is 5.15. The van der Waals surface area contributed by atoms with Gasteiger partial charge in [0, 0.05) is 30.1 Å². The number of aromatic nitrogens is 2. The Bertz CT molecular complexity index is 1310. The summed E-state index contributed by atoms with van der Waals surface area (Å²) < 4.78 is 12.8. The zero-order valence-electron chi connectivity index (χ0n) is 18.6.